The second-order valence-corrected chi connectivity index (χ2v) is 7.82. The first-order chi connectivity index (χ1) is 14.9. The van der Waals surface area contributed by atoms with Crippen LogP contribution in [0, 0.1) is 6.92 Å². The first kappa shape index (κ1) is 21.2. The van der Waals surface area contributed by atoms with Crippen LogP contribution in [0.4, 0.5) is 0 Å². The molecule has 1 aliphatic rings. The molecule has 1 aliphatic heterocycles. The third-order valence-electron chi connectivity index (χ3n) is 5.40. The zero-order valence-corrected chi connectivity index (χ0v) is 17.9. The van der Waals surface area contributed by atoms with Gasteiger partial charge < -0.3 is 24.3 Å². The molecule has 1 amide bonds. The first-order valence-electron chi connectivity index (χ1n) is 10.0. The van der Waals surface area contributed by atoms with Gasteiger partial charge >= 0.3 is 0 Å². The maximum absolute atomic E-state index is 13.5. The van der Waals surface area contributed by atoms with Crippen molar-refractivity contribution in [2.45, 2.75) is 26.3 Å². The van der Waals surface area contributed by atoms with E-state index >= 15 is 0 Å². The second kappa shape index (κ2) is 8.24. The quantitative estimate of drug-likeness (QED) is 0.601. The van der Waals surface area contributed by atoms with E-state index in [2.05, 4.69) is 0 Å². The maximum Gasteiger partial charge on any atom is 0.290 e. The highest BCUT2D eigenvalue weighted by molar-refractivity contribution is 6.32. The number of halogens is 1. The maximum atomic E-state index is 13.5. The van der Waals surface area contributed by atoms with E-state index in [9.17, 15) is 19.8 Å². The molecule has 0 aliphatic carbocycles. The Morgan fingerprint density at radius 2 is 2.00 bits per heavy atom. The Hall–Kier alpha value is -3.03. The fraction of sp³-hybridized carbons (Fsp3) is 0.304. The Morgan fingerprint density at radius 3 is 2.71 bits per heavy atom. The Balaban J connectivity index is 1.97. The lowest BCUT2D eigenvalue weighted by Crippen LogP contribution is -2.31. The lowest BCUT2D eigenvalue weighted by Gasteiger charge is -2.25. The van der Waals surface area contributed by atoms with E-state index in [1.807, 2.05) is 0 Å². The molecule has 4 rings (SSSR count). The van der Waals surface area contributed by atoms with E-state index in [1.165, 1.54) is 11.0 Å². The Labute approximate surface area is 183 Å². The zero-order chi connectivity index (χ0) is 22.3. The van der Waals surface area contributed by atoms with Crippen LogP contribution in [0.2, 0.25) is 5.02 Å². The van der Waals surface area contributed by atoms with Crippen molar-refractivity contribution < 1.29 is 24.2 Å². The van der Waals surface area contributed by atoms with E-state index < -0.39 is 11.9 Å². The summed E-state index contributed by atoms with van der Waals surface area (Å²) in [6.07, 6.45) is 0.339. The number of aliphatic hydroxyl groups is 1. The molecule has 0 radical (unpaired) electrons. The van der Waals surface area contributed by atoms with Crippen LogP contribution in [0.5, 0.6) is 11.5 Å². The number of nitrogens with zero attached hydrogens (tertiary/aromatic N) is 1. The summed E-state index contributed by atoms with van der Waals surface area (Å²) in [5.74, 6) is -0.226. The average molecular weight is 444 g/mol. The monoisotopic (exact) mass is 443 g/mol. The van der Waals surface area contributed by atoms with Gasteiger partial charge in [0.05, 0.1) is 23.6 Å². The number of amides is 1. The minimum absolute atomic E-state index is 0.0202. The normalized spacial score (nSPS) is 15.5. The van der Waals surface area contributed by atoms with Gasteiger partial charge in [0, 0.05) is 18.2 Å². The van der Waals surface area contributed by atoms with E-state index in [-0.39, 0.29) is 41.4 Å². The third kappa shape index (κ3) is 3.54. The van der Waals surface area contributed by atoms with E-state index in [0.29, 0.717) is 34.6 Å². The van der Waals surface area contributed by atoms with Crippen LogP contribution in [-0.2, 0) is 0 Å². The predicted octanol–water partition coefficient (Wildman–Crippen LogP) is 3.79. The van der Waals surface area contributed by atoms with Crippen molar-refractivity contribution >= 4 is 28.5 Å². The van der Waals surface area contributed by atoms with Crippen LogP contribution in [0.1, 0.15) is 46.6 Å². The number of aryl methyl sites for hydroxylation is 1. The number of benzene rings is 2. The van der Waals surface area contributed by atoms with Crippen LogP contribution in [0.15, 0.2) is 39.5 Å². The molecule has 3 aromatic rings. The smallest absolute Gasteiger partial charge is 0.290 e. The molecular weight excluding hydrogens is 422 g/mol. The largest absolute Gasteiger partial charge is 0.504 e. The molecule has 0 saturated carbocycles. The van der Waals surface area contributed by atoms with Crippen LogP contribution in [0.25, 0.3) is 11.0 Å². The molecule has 2 aromatic carbocycles. The van der Waals surface area contributed by atoms with E-state index in [1.54, 1.807) is 38.1 Å². The highest BCUT2D eigenvalue weighted by Crippen LogP contribution is 2.41. The minimum atomic E-state index is -0.741. The standard InChI is InChI=1S/C23H22ClNO6/c1-3-30-18-10-13(5-6-16(18)27)20-19-21(28)14-11-15(24)12(2)9-17(14)31-22(19)23(29)25(20)7-4-8-26/h5-6,9-11,20,26-27H,3-4,7-8H2,1-2H3/t20-/m1/s1. The van der Waals surface area contributed by atoms with Gasteiger partial charge in [-0.25, -0.2) is 0 Å². The summed E-state index contributed by atoms with van der Waals surface area (Å²) >= 11 is 6.23. The van der Waals surface area contributed by atoms with Crippen molar-refractivity contribution in [3.8, 4) is 11.5 Å². The van der Waals surface area contributed by atoms with Gasteiger partial charge in [-0.15, -0.1) is 0 Å². The van der Waals surface area contributed by atoms with Gasteiger partial charge in [-0.3, -0.25) is 9.59 Å². The van der Waals surface area contributed by atoms with Crippen molar-refractivity contribution in [3.05, 3.63) is 68.0 Å². The van der Waals surface area contributed by atoms with Gasteiger partial charge in [0.25, 0.3) is 5.91 Å². The number of phenolic OH excluding ortho intramolecular Hbond substituents is 1. The number of carbonyl (C=O) groups is 1. The summed E-state index contributed by atoms with van der Waals surface area (Å²) in [5.41, 5.74) is 1.49. The fourth-order valence-electron chi connectivity index (χ4n) is 3.93. The lowest BCUT2D eigenvalue weighted by molar-refractivity contribution is 0.0716. The zero-order valence-electron chi connectivity index (χ0n) is 17.1. The van der Waals surface area contributed by atoms with Gasteiger partial charge in [0.15, 0.2) is 16.9 Å². The summed E-state index contributed by atoms with van der Waals surface area (Å²) in [4.78, 5) is 28.2. The van der Waals surface area contributed by atoms with Gasteiger partial charge in [-0.1, -0.05) is 17.7 Å². The molecule has 0 saturated heterocycles. The molecule has 0 unspecified atom stereocenters. The van der Waals surface area contributed by atoms with E-state index in [0.717, 1.165) is 5.56 Å². The molecule has 2 N–H and O–H groups in total. The molecule has 8 heteroatoms. The number of ether oxygens (including phenoxy) is 1. The Kier molecular flexibility index (Phi) is 5.64. The van der Waals surface area contributed by atoms with Crippen molar-refractivity contribution in [2.75, 3.05) is 19.8 Å². The first-order valence-corrected chi connectivity index (χ1v) is 10.4. The highest BCUT2D eigenvalue weighted by Gasteiger charge is 2.42. The van der Waals surface area contributed by atoms with Gasteiger partial charge in [-0.05, 0) is 55.7 Å². The van der Waals surface area contributed by atoms with E-state index in [4.69, 9.17) is 20.8 Å². The Morgan fingerprint density at radius 1 is 1.23 bits per heavy atom. The van der Waals surface area contributed by atoms with Crippen LogP contribution in [-0.4, -0.2) is 40.8 Å². The second-order valence-electron chi connectivity index (χ2n) is 7.41. The number of hydrogen-bond acceptors (Lipinski definition) is 6. The summed E-state index contributed by atoms with van der Waals surface area (Å²) in [6.45, 7) is 4.05. The number of rotatable bonds is 6. The van der Waals surface area contributed by atoms with Gasteiger partial charge in [-0.2, -0.15) is 0 Å². The molecular formula is C23H22ClNO6. The van der Waals surface area contributed by atoms with Crippen LogP contribution in [0.3, 0.4) is 0 Å². The fourth-order valence-corrected chi connectivity index (χ4v) is 4.09. The number of aliphatic hydroxyl groups excluding tert-OH is 1. The number of carbonyl (C=O) groups excluding carboxylic acids is 1. The molecule has 0 spiro atoms. The summed E-state index contributed by atoms with van der Waals surface area (Å²) < 4.78 is 11.4. The summed E-state index contributed by atoms with van der Waals surface area (Å²) in [5, 5.41) is 20.1. The molecule has 162 valence electrons. The molecule has 1 atom stereocenters. The van der Waals surface area contributed by atoms with Crippen molar-refractivity contribution in [3.63, 3.8) is 0 Å². The van der Waals surface area contributed by atoms with Crippen molar-refractivity contribution in [2.24, 2.45) is 0 Å². The molecule has 0 bridgehead atoms. The molecule has 2 heterocycles. The van der Waals surface area contributed by atoms with Gasteiger partial charge in [0.1, 0.15) is 5.58 Å². The minimum Gasteiger partial charge on any atom is -0.504 e. The molecule has 31 heavy (non-hydrogen) atoms. The number of fused-ring (bicyclic) bond motifs is 2. The molecule has 0 fully saturated rings. The number of aromatic hydroxyl groups is 1. The summed E-state index contributed by atoms with van der Waals surface area (Å²) in [6, 6.07) is 7.18. The SMILES string of the molecule is CCOc1cc([C@@H]2c3c(oc4cc(C)c(Cl)cc4c3=O)C(=O)N2CCCO)ccc1O. The highest BCUT2D eigenvalue weighted by atomic mass is 35.5. The van der Waals surface area contributed by atoms with Crippen LogP contribution >= 0.6 is 11.6 Å². The average Bonchev–Trinajstić information content (AvgIpc) is 3.02. The predicted molar refractivity (Wildman–Crippen MR) is 116 cm³/mol. The lowest BCUT2D eigenvalue weighted by atomic mass is 9.97. The molecule has 7 nitrogen and oxygen atoms in total. The number of hydrogen-bond donors (Lipinski definition) is 2. The molecule has 1 aromatic heterocycles. The Bertz CT molecular complexity index is 1230. The van der Waals surface area contributed by atoms with Crippen LogP contribution < -0.4 is 10.2 Å². The third-order valence-corrected chi connectivity index (χ3v) is 5.81. The topological polar surface area (TPSA) is 100 Å². The van der Waals surface area contributed by atoms with Crippen molar-refractivity contribution in [1.82, 2.24) is 4.90 Å². The van der Waals surface area contributed by atoms with Gasteiger partial charge in [0.2, 0.25) is 5.76 Å². The summed E-state index contributed by atoms with van der Waals surface area (Å²) in [7, 11) is 0. The number of phenols is 1. The van der Waals surface area contributed by atoms with Crippen molar-refractivity contribution in [1.29, 1.82) is 0 Å².